The number of carbonyl (C=O) groups is 1. The van der Waals surface area contributed by atoms with Crippen molar-refractivity contribution in [1.29, 1.82) is 0 Å². The Morgan fingerprint density at radius 3 is 2.31 bits per heavy atom. The van der Waals surface area contributed by atoms with E-state index in [0.29, 0.717) is 10.9 Å². The molecule has 4 rings (SSSR count). The third-order valence-corrected chi connectivity index (χ3v) is 6.36. The van der Waals surface area contributed by atoms with Gasteiger partial charge in [-0.15, -0.1) is 10.2 Å². The molecule has 0 fully saturated rings. The highest BCUT2D eigenvalue weighted by molar-refractivity contribution is 7.99. The van der Waals surface area contributed by atoms with Gasteiger partial charge in [0.25, 0.3) is 5.91 Å². The first kappa shape index (κ1) is 24.3. The minimum atomic E-state index is -0.220. The van der Waals surface area contributed by atoms with Crippen molar-refractivity contribution in [3.63, 3.8) is 0 Å². The molecule has 0 aliphatic rings. The molecule has 0 radical (unpaired) electrons. The monoisotopic (exact) mass is 484 g/mol. The molecular formula is C27H28N6OS. The van der Waals surface area contributed by atoms with Crippen molar-refractivity contribution in [2.75, 3.05) is 5.75 Å². The van der Waals surface area contributed by atoms with Gasteiger partial charge in [0.15, 0.2) is 11.0 Å². The second kappa shape index (κ2) is 10.7. The molecule has 2 aromatic heterocycles. The van der Waals surface area contributed by atoms with E-state index in [1.165, 1.54) is 17.3 Å². The number of amides is 1. The molecule has 0 atom stereocenters. The molecule has 8 heteroatoms. The Hall–Kier alpha value is -3.78. The molecule has 178 valence electrons. The molecule has 1 amide bonds. The average Bonchev–Trinajstić information content (AvgIpc) is 3.30. The summed E-state index contributed by atoms with van der Waals surface area (Å²) in [5.74, 6) is 0.661. The summed E-state index contributed by atoms with van der Waals surface area (Å²) in [5, 5.41) is 13.7. The van der Waals surface area contributed by atoms with Crippen LogP contribution in [0.3, 0.4) is 0 Å². The molecule has 4 aromatic rings. The van der Waals surface area contributed by atoms with Crippen molar-refractivity contribution in [1.82, 2.24) is 25.2 Å². The van der Waals surface area contributed by atoms with Gasteiger partial charge >= 0.3 is 0 Å². The number of para-hydroxylation sites is 1. The molecule has 2 heterocycles. The standard InChI is InChI=1S/C27H28N6OS/c1-19(20-14-16-28-17-15-20)29-30-24(34)18-35-26-32-31-25(33(26)23-8-6-5-7-9-23)21-10-12-22(13-11-21)27(2,3)4/h5-17H,18H2,1-4H3,(H,30,34)/b29-19+. The van der Waals surface area contributed by atoms with Crippen LogP contribution in [0.2, 0.25) is 0 Å². The summed E-state index contributed by atoms with van der Waals surface area (Å²) in [7, 11) is 0. The van der Waals surface area contributed by atoms with Crippen molar-refractivity contribution in [2.24, 2.45) is 5.10 Å². The average molecular weight is 485 g/mol. The lowest BCUT2D eigenvalue weighted by molar-refractivity contribution is -0.118. The number of rotatable bonds is 7. The van der Waals surface area contributed by atoms with Gasteiger partial charge in [-0.25, -0.2) is 5.43 Å². The Morgan fingerprint density at radius 2 is 1.66 bits per heavy atom. The van der Waals surface area contributed by atoms with Gasteiger partial charge < -0.3 is 0 Å². The number of pyridine rings is 1. The molecule has 0 saturated heterocycles. The molecule has 0 aliphatic heterocycles. The van der Waals surface area contributed by atoms with Gasteiger partial charge in [-0.1, -0.05) is 75.0 Å². The maximum Gasteiger partial charge on any atom is 0.250 e. The van der Waals surface area contributed by atoms with Crippen molar-refractivity contribution in [2.45, 2.75) is 38.3 Å². The molecule has 0 aliphatic carbocycles. The van der Waals surface area contributed by atoms with Gasteiger partial charge in [0.1, 0.15) is 0 Å². The number of thioether (sulfide) groups is 1. The maximum atomic E-state index is 12.5. The van der Waals surface area contributed by atoms with Gasteiger partial charge in [0, 0.05) is 29.2 Å². The predicted molar refractivity (Wildman–Crippen MR) is 141 cm³/mol. The predicted octanol–water partition coefficient (Wildman–Crippen LogP) is 5.26. The maximum absolute atomic E-state index is 12.5. The Balaban J connectivity index is 1.54. The highest BCUT2D eigenvalue weighted by Crippen LogP contribution is 2.30. The van der Waals surface area contributed by atoms with Gasteiger partial charge in [0.05, 0.1) is 11.5 Å². The quantitative estimate of drug-likeness (QED) is 0.220. The van der Waals surface area contributed by atoms with Crippen LogP contribution in [0.1, 0.15) is 38.8 Å². The van der Waals surface area contributed by atoms with Crippen molar-refractivity contribution < 1.29 is 4.79 Å². The number of aromatic nitrogens is 4. The van der Waals surface area contributed by atoms with E-state index in [0.717, 1.165) is 22.6 Å². The largest absolute Gasteiger partial charge is 0.272 e. The molecule has 0 unspecified atom stereocenters. The first-order valence-corrected chi connectivity index (χ1v) is 12.3. The van der Waals surface area contributed by atoms with Crippen LogP contribution >= 0.6 is 11.8 Å². The molecule has 1 N–H and O–H groups in total. The van der Waals surface area contributed by atoms with Crippen molar-refractivity contribution >= 4 is 23.4 Å². The third-order valence-electron chi connectivity index (χ3n) is 5.44. The zero-order chi connectivity index (χ0) is 24.8. The van der Waals surface area contributed by atoms with Crippen LogP contribution in [0, 0.1) is 0 Å². The number of hydrazone groups is 1. The smallest absolute Gasteiger partial charge is 0.250 e. The fraction of sp³-hybridized carbons (Fsp3) is 0.222. The van der Waals surface area contributed by atoms with Crippen LogP contribution in [-0.4, -0.2) is 37.1 Å². The summed E-state index contributed by atoms with van der Waals surface area (Å²) >= 11 is 1.32. The first-order chi connectivity index (χ1) is 16.8. The zero-order valence-electron chi connectivity index (χ0n) is 20.3. The molecular weight excluding hydrogens is 456 g/mol. The normalized spacial score (nSPS) is 11.9. The Kier molecular flexibility index (Phi) is 7.41. The second-order valence-electron chi connectivity index (χ2n) is 9.06. The minimum Gasteiger partial charge on any atom is -0.272 e. The van der Waals surface area contributed by atoms with E-state index in [1.807, 2.05) is 54.0 Å². The van der Waals surface area contributed by atoms with E-state index in [4.69, 9.17) is 0 Å². The molecule has 7 nitrogen and oxygen atoms in total. The number of carbonyl (C=O) groups excluding carboxylic acids is 1. The lowest BCUT2D eigenvalue weighted by Gasteiger charge is -2.19. The van der Waals surface area contributed by atoms with Crippen LogP contribution in [0.5, 0.6) is 0 Å². The van der Waals surface area contributed by atoms with Gasteiger partial charge in [-0.3, -0.25) is 14.3 Å². The minimum absolute atomic E-state index is 0.0677. The van der Waals surface area contributed by atoms with Crippen LogP contribution < -0.4 is 5.43 Å². The number of hydrogen-bond acceptors (Lipinski definition) is 6. The fourth-order valence-corrected chi connectivity index (χ4v) is 4.19. The number of nitrogens with zero attached hydrogens (tertiary/aromatic N) is 5. The summed E-state index contributed by atoms with van der Waals surface area (Å²) in [6.45, 7) is 8.41. The molecule has 0 spiro atoms. The van der Waals surface area contributed by atoms with Crippen LogP contribution in [-0.2, 0) is 10.2 Å². The Bertz CT molecular complexity index is 1310. The van der Waals surface area contributed by atoms with E-state index < -0.39 is 0 Å². The number of hydrogen-bond donors (Lipinski definition) is 1. The van der Waals surface area contributed by atoms with E-state index in [9.17, 15) is 4.79 Å². The molecule has 35 heavy (non-hydrogen) atoms. The summed E-state index contributed by atoms with van der Waals surface area (Å²) < 4.78 is 1.98. The molecule has 0 saturated carbocycles. The van der Waals surface area contributed by atoms with Crippen LogP contribution in [0.15, 0.2) is 89.4 Å². The first-order valence-electron chi connectivity index (χ1n) is 11.3. The molecule has 2 aromatic carbocycles. The SMILES string of the molecule is C/C(=N\NC(=O)CSc1nnc(-c2ccc(C(C)(C)C)cc2)n1-c1ccccc1)c1ccncc1. The lowest BCUT2D eigenvalue weighted by Crippen LogP contribution is -2.21. The summed E-state index contributed by atoms with van der Waals surface area (Å²) in [5.41, 5.74) is 7.44. The fourth-order valence-electron chi connectivity index (χ4n) is 3.45. The van der Waals surface area contributed by atoms with E-state index in [2.05, 4.69) is 70.7 Å². The van der Waals surface area contributed by atoms with Gasteiger partial charge in [-0.2, -0.15) is 5.10 Å². The topological polar surface area (TPSA) is 85.1 Å². The van der Waals surface area contributed by atoms with Crippen LogP contribution in [0.4, 0.5) is 0 Å². The summed E-state index contributed by atoms with van der Waals surface area (Å²) in [6, 6.07) is 22.0. The summed E-state index contributed by atoms with van der Waals surface area (Å²) in [4.78, 5) is 16.5. The highest BCUT2D eigenvalue weighted by atomic mass is 32.2. The van der Waals surface area contributed by atoms with E-state index in [-0.39, 0.29) is 17.1 Å². The zero-order valence-corrected chi connectivity index (χ0v) is 21.1. The number of nitrogens with one attached hydrogen (secondary N) is 1. The lowest BCUT2D eigenvalue weighted by atomic mass is 9.87. The highest BCUT2D eigenvalue weighted by Gasteiger charge is 2.19. The van der Waals surface area contributed by atoms with Crippen LogP contribution in [0.25, 0.3) is 17.1 Å². The molecule has 0 bridgehead atoms. The third kappa shape index (κ3) is 6.02. The van der Waals surface area contributed by atoms with Crippen molar-refractivity contribution in [3.05, 3.63) is 90.3 Å². The summed E-state index contributed by atoms with van der Waals surface area (Å²) in [6.07, 6.45) is 3.38. The number of benzene rings is 2. The van der Waals surface area contributed by atoms with Gasteiger partial charge in [0.2, 0.25) is 0 Å². The Labute approximate surface area is 209 Å². The van der Waals surface area contributed by atoms with Crippen molar-refractivity contribution in [3.8, 4) is 17.1 Å². The van der Waals surface area contributed by atoms with E-state index >= 15 is 0 Å². The Morgan fingerprint density at radius 1 is 0.971 bits per heavy atom. The van der Waals surface area contributed by atoms with Gasteiger partial charge in [-0.05, 0) is 42.2 Å². The second-order valence-corrected chi connectivity index (χ2v) is 10.0. The van der Waals surface area contributed by atoms with E-state index in [1.54, 1.807) is 12.4 Å².